The lowest BCUT2D eigenvalue weighted by Crippen LogP contribution is -2.48. The average Bonchev–Trinajstić information content (AvgIpc) is 2.49. The molecule has 0 aliphatic heterocycles. The zero-order valence-electron chi connectivity index (χ0n) is 11.4. The summed E-state index contributed by atoms with van der Waals surface area (Å²) in [6.07, 6.45) is 0. The molecule has 0 aliphatic carbocycles. The molecule has 2 N–H and O–H groups in total. The van der Waals surface area contributed by atoms with Gasteiger partial charge in [0.2, 0.25) is 0 Å². The van der Waals surface area contributed by atoms with E-state index in [1.807, 2.05) is 12.1 Å². The van der Waals surface area contributed by atoms with Gasteiger partial charge in [0.05, 0.1) is 11.4 Å². The number of anilines is 2. The molecule has 21 heavy (non-hydrogen) atoms. The Kier molecular flexibility index (Phi) is 4.53. The molecule has 0 atom stereocenters. The molecule has 6 nitrogen and oxygen atoms in total. The van der Waals surface area contributed by atoms with E-state index < -0.39 is 11.9 Å². The number of nitrogens with zero attached hydrogens (tertiary/aromatic N) is 2. The summed E-state index contributed by atoms with van der Waals surface area (Å²) in [7, 11) is 0. The van der Waals surface area contributed by atoms with Crippen molar-refractivity contribution in [3.8, 4) is 0 Å². The highest BCUT2D eigenvalue weighted by Gasteiger charge is 2.20. The third-order valence-electron chi connectivity index (χ3n) is 2.73. The van der Waals surface area contributed by atoms with Crippen LogP contribution in [0.15, 0.2) is 60.7 Å². The predicted octanol–water partition coefficient (Wildman–Crippen LogP) is 2.69. The van der Waals surface area contributed by atoms with Crippen LogP contribution in [0.3, 0.4) is 0 Å². The number of hydrogen-bond acceptors (Lipinski definition) is 3. The predicted molar refractivity (Wildman–Crippen MR) is 77.9 cm³/mol. The van der Waals surface area contributed by atoms with Gasteiger partial charge >= 0.3 is 6.03 Å². The molecule has 0 unspecified atom stereocenters. The Hall–Kier alpha value is -2.86. The van der Waals surface area contributed by atoms with Crippen molar-refractivity contribution in [3.63, 3.8) is 0 Å². The molecule has 0 spiro atoms. The average molecular weight is 285 g/mol. The Bertz CT molecular complexity index is 577. The number of benzene rings is 2. The van der Waals surface area contributed by atoms with E-state index >= 15 is 0 Å². The normalized spacial score (nSPS) is 9.81. The first kappa shape index (κ1) is 14.5. The number of nitrogens with one attached hydrogen (secondary N) is 1. The number of hydrazine groups is 1. The lowest BCUT2D eigenvalue weighted by atomic mass is 10.2. The fourth-order valence-corrected chi connectivity index (χ4v) is 1.76. The minimum Gasteiger partial charge on any atom is -0.271 e. The molecule has 0 aliphatic rings. The smallest absolute Gasteiger partial charge is 0.271 e. The van der Waals surface area contributed by atoms with Gasteiger partial charge in [0.1, 0.15) is 0 Å². The fraction of sp³-hybridized carbons (Fsp3) is 0.0667. The van der Waals surface area contributed by atoms with E-state index in [9.17, 15) is 14.8 Å². The van der Waals surface area contributed by atoms with Crippen molar-refractivity contribution in [2.75, 3.05) is 4.90 Å². The third kappa shape index (κ3) is 3.58. The van der Waals surface area contributed by atoms with Crippen molar-refractivity contribution in [2.45, 2.75) is 6.92 Å². The topological polar surface area (TPSA) is 72.9 Å². The minimum atomic E-state index is -0.690. The molecule has 2 aromatic rings. The zero-order chi connectivity index (χ0) is 15.2. The van der Waals surface area contributed by atoms with E-state index in [1.165, 1.54) is 4.90 Å². The van der Waals surface area contributed by atoms with Gasteiger partial charge in [-0.1, -0.05) is 36.4 Å². The van der Waals surface area contributed by atoms with Crippen molar-refractivity contribution in [2.24, 2.45) is 0 Å². The standard InChI is InChI=1S/C15H15N3O3/c1-12(19)18(21)16-15(20)17(13-8-4-2-5-9-13)14-10-6-3-7-11-14/h2-11,21H,1H3,(H,16,20). The first-order chi connectivity index (χ1) is 10.1. The summed E-state index contributed by atoms with van der Waals surface area (Å²) >= 11 is 0. The van der Waals surface area contributed by atoms with Crippen molar-refractivity contribution in [1.82, 2.24) is 10.6 Å². The van der Waals surface area contributed by atoms with Gasteiger partial charge in [-0.3, -0.25) is 14.9 Å². The van der Waals surface area contributed by atoms with Gasteiger partial charge < -0.3 is 0 Å². The van der Waals surface area contributed by atoms with Crippen LogP contribution in [0.5, 0.6) is 0 Å². The second-order valence-corrected chi connectivity index (χ2v) is 4.25. The van der Waals surface area contributed by atoms with E-state index in [0.29, 0.717) is 11.4 Å². The Morgan fingerprint density at radius 2 is 1.33 bits per heavy atom. The Morgan fingerprint density at radius 3 is 1.71 bits per heavy atom. The quantitative estimate of drug-likeness (QED) is 0.658. The van der Waals surface area contributed by atoms with Crippen LogP contribution in [0, 0.1) is 0 Å². The number of carbonyl (C=O) groups excluding carboxylic acids is 2. The molecular weight excluding hydrogens is 270 g/mol. The highest BCUT2D eigenvalue weighted by Crippen LogP contribution is 2.24. The zero-order valence-corrected chi connectivity index (χ0v) is 11.4. The molecule has 2 aromatic carbocycles. The van der Waals surface area contributed by atoms with Gasteiger partial charge in [-0.15, -0.1) is 5.17 Å². The van der Waals surface area contributed by atoms with Crippen LogP contribution in [0.25, 0.3) is 0 Å². The maximum atomic E-state index is 12.3. The monoisotopic (exact) mass is 285 g/mol. The molecule has 0 saturated heterocycles. The Morgan fingerprint density at radius 1 is 0.905 bits per heavy atom. The number of para-hydroxylation sites is 2. The molecule has 2 rings (SSSR count). The summed E-state index contributed by atoms with van der Waals surface area (Å²) in [6, 6.07) is 17.2. The number of hydrogen-bond donors (Lipinski definition) is 2. The summed E-state index contributed by atoms with van der Waals surface area (Å²) in [5, 5.41) is 9.52. The van der Waals surface area contributed by atoms with E-state index in [-0.39, 0.29) is 5.17 Å². The summed E-state index contributed by atoms with van der Waals surface area (Å²) in [6.45, 7) is 1.13. The fourth-order valence-electron chi connectivity index (χ4n) is 1.76. The number of urea groups is 1. The van der Waals surface area contributed by atoms with Crippen LogP contribution in [-0.4, -0.2) is 22.3 Å². The summed E-state index contributed by atoms with van der Waals surface area (Å²) < 4.78 is 0. The largest absolute Gasteiger partial charge is 0.347 e. The van der Waals surface area contributed by atoms with E-state index in [1.54, 1.807) is 48.5 Å². The first-order valence-corrected chi connectivity index (χ1v) is 6.30. The molecular formula is C15H15N3O3. The molecule has 108 valence electrons. The van der Waals surface area contributed by atoms with E-state index in [0.717, 1.165) is 6.92 Å². The molecule has 0 fully saturated rings. The van der Waals surface area contributed by atoms with E-state index in [2.05, 4.69) is 5.43 Å². The number of amides is 3. The second kappa shape index (κ2) is 6.53. The van der Waals surface area contributed by atoms with Gasteiger partial charge in [-0.25, -0.2) is 10.2 Å². The third-order valence-corrected chi connectivity index (χ3v) is 2.73. The van der Waals surface area contributed by atoms with Crippen LogP contribution in [-0.2, 0) is 4.79 Å². The molecule has 0 heterocycles. The summed E-state index contributed by atoms with van der Waals surface area (Å²) in [4.78, 5) is 24.7. The van der Waals surface area contributed by atoms with Crippen molar-refractivity contribution in [1.29, 1.82) is 0 Å². The summed E-state index contributed by atoms with van der Waals surface area (Å²) in [5.74, 6) is -0.690. The molecule has 3 amide bonds. The van der Waals surface area contributed by atoms with Crippen LogP contribution in [0.1, 0.15) is 6.92 Å². The number of carbonyl (C=O) groups is 2. The lowest BCUT2D eigenvalue weighted by Gasteiger charge is -2.25. The first-order valence-electron chi connectivity index (χ1n) is 6.30. The van der Waals surface area contributed by atoms with E-state index in [4.69, 9.17) is 0 Å². The van der Waals surface area contributed by atoms with Crippen LogP contribution >= 0.6 is 0 Å². The molecule has 0 bridgehead atoms. The highest BCUT2D eigenvalue weighted by atomic mass is 16.6. The van der Waals surface area contributed by atoms with Gasteiger partial charge in [-0.05, 0) is 24.3 Å². The SMILES string of the molecule is CC(=O)N(O)NC(=O)N(c1ccccc1)c1ccccc1. The van der Waals surface area contributed by atoms with Gasteiger partial charge in [0.25, 0.3) is 5.91 Å². The van der Waals surface area contributed by atoms with Crippen molar-refractivity contribution in [3.05, 3.63) is 60.7 Å². The number of hydroxylamine groups is 1. The van der Waals surface area contributed by atoms with Crippen LogP contribution in [0.4, 0.5) is 16.2 Å². The second-order valence-electron chi connectivity index (χ2n) is 4.25. The number of rotatable bonds is 2. The maximum absolute atomic E-state index is 12.3. The molecule has 0 aromatic heterocycles. The Balaban J connectivity index is 2.33. The minimum absolute atomic E-state index is 0.154. The van der Waals surface area contributed by atoms with Gasteiger partial charge in [0.15, 0.2) is 0 Å². The summed E-state index contributed by atoms with van der Waals surface area (Å²) in [5.41, 5.74) is 3.32. The molecule has 6 heteroatoms. The van der Waals surface area contributed by atoms with Gasteiger partial charge in [-0.2, -0.15) is 0 Å². The van der Waals surface area contributed by atoms with Crippen molar-refractivity contribution >= 4 is 23.3 Å². The molecule has 0 saturated carbocycles. The molecule has 0 radical (unpaired) electrons. The maximum Gasteiger partial charge on any atom is 0.347 e. The lowest BCUT2D eigenvalue weighted by molar-refractivity contribution is -0.172. The Labute approximate surface area is 122 Å². The van der Waals surface area contributed by atoms with Crippen LogP contribution < -0.4 is 10.3 Å². The van der Waals surface area contributed by atoms with Crippen LogP contribution in [0.2, 0.25) is 0 Å². The van der Waals surface area contributed by atoms with Gasteiger partial charge in [0, 0.05) is 6.92 Å². The van der Waals surface area contributed by atoms with Crippen molar-refractivity contribution < 1.29 is 14.8 Å². The highest BCUT2D eigenvalue weighted by molar-refractivity contribution is 5.99.